The van der Waals surface area contributed by atoms with Crippen molar-refractivity contribution in [3.05, 3.63) is 86.7 Å². The molecule has 8 nitrogen and oxygen atoms in total. The molecule has 0 bridgehead atoms. The number of aliphatic hydroxyl groups excluding tert-OH is 1. The molecule has 1 aromatic heterocycles. The summed E-state index contributed by atoms with van der Waals surface area (Å²) in [6.07, 6.45) is 5.68. The highest BCUT2D eigenvalue weighted by atomic mass is 19.1. The third kappa shape index (κ3) is 5.34. The Balaban J connectivity index is 1.18. The summed E-state index contributed by atoms with van der Waals surface area (Å²) in [5.74, 6) is -1.55. The monoisotopic (exact) mass is 625 g/mol. The molecule has 3 aromatic carbocycles. The smallest absolute Gasteiger partial charge is 0.461 e. The molecule has 1 aliphatic heterocycles. The molecule has 0 saturated carbocycles. The molecule has 46 heavy (non-hydrogen) atoms. The largest absolute Gasteiger partial charge is 0.494 e. The number of carbonyl (C=O) groups is 1. The van der Waals surface area contributed by atoms with Gasteiger partial charge in [0, 0.05) is 13.0 Å². The van der Waals surface area contributed by atoms with E-state index in [9.17, 15) is 9.90 Å². The van der Waals surface area contributed by atoms with Crippen LogP contribution < -0.4 is 5.46 Å². The van der Waals surface area contributed by atoms with E-state index in [4.69, 9.17) is 14.0 Å². The van der Waals surface area contributed by atoms with E-state index in [0.29, 0.717) is 11.1 Å². The number of rotatable bonds is 8. The number of hydrogen-bond acceptors (Lipinski definition) is 7. The molecule has 10 heteroatoms. The van der Waals surface area contributed by atoms with E-state index in [-0.39, 0.29) is 25.2 Å². The lowest BCUT2D eigenvalue weighted by Gasteiger charge is -2.32. The lowest BCUT2D eigenvalue weighted by atomic mass is 9.76. The summed E-state index contributed by atoms with van der Waals surface area (Å²) in [6, 6.07) is 11.7. The minimum absolute atomic E-state index is 0.0640. The number of carbonyl (C=O) groups excluding carboxylic acids is 1. The Hall–Kier alpha value is -3.60. The van der Waals surface area contributed by atoms with Crippen molar-refractivity contribution in [1.29, 1.82) is 0 Å². The molecule has 0 spiro atoms. The minimum atomic E-state index is -0.628. The topological polar surface area (TPSA) is 95.7 Å². The maximum absolute atomic E-state index is 16.1. The van der Waals surface area contributed by atoms with Crippen LogP contribution in [-0.4, -0.2) is 44.4 Å². The van der Waals surface area contributed by atoms with E-state index in [1.165, 1.54) is 15.8 Å². The molecule has 4 aromatic rings. The van der Waals surface area contributed by atoms with Crippen LogP contribution in [0.3, 0.4) is 0 Å². The summed E-state index contributed by atoms with van der Waals surface area (Å²) < 4.78 is 36.3. The summed E-state index contributed by atoms with van der Waals surface area (Å²) in [4.78, 5) is 13.7. The molecule has 1 atom stereocenters. The molecule has 7 rings (SSSR count). The van der Waals surface area contributed by atoms with Crippen LogP contribution >= 0.6 is 0 Å². The van der Waals surface area contributed by atoms with Gasteiger partial charge in [0.05, 0.1) is 29.7 Å². The lowest BCUT2D eigenvalue weighted by Crippen LogP contribution is -2.41. The van der Waals surface area contributed by atoms with Crippen molar-refractivity contribution in [2.75, 3.05) is 0 Å². The minimum Gasteiger partial charge on any atom is -0.461 e. The Morgan fingerprint density at radius 2 is 1.67 bits per heavy atom. The lowest BCUT2D eigenvalue weighted by molar-refractivity contribution is -0.145. The van der Waals surface area contributed by atoms with Gasteiger partial charge in [-0.3, -0.25) is 4.79 Å². The summed E-state index contributed by atoms with van der Waals surface area (Å²) in [7, 11) is 1.21. The van der Waals surface area contributed by atoms with E-state index in [1.54, 1.807) is 19.2 Å². The molecule has 3 aliphatic rings. The second-order valence-electron chi connectivity index (χ2n) is 14.1. The van der Waals surface area contributed by atoms with Gasteiger partial charge in [-0.1, -0.05) is 35.5 Å². The van der Waals surface area contributed by atoms with E-state index in [1.807, 2.05) is 39.8 Å². The van der Waals surface area contributed by atoms with Gasteiger partial charge in [0.2, 0.25) is 0 Å². The van der Waals surface area contributed by atoms with Crippen molar-refractivity contribution in [3.63, 3.8) is 0 Å². The van der Waals surface area contributed by atoms with Crippen molar-refractivity contribution >= 4 is 29.6 Å². The van der Waals surface area contributed by atoms with Crippen LogP contribution in [0.15, 0.2) is 36.4 Å². The van der Waals surface area contributed by atoms with Crippen LogP contribution in [0.2, 0.25) is 0 Å². The molecular weight excluding hydrogens is 584 g/mol. The maximum Gasteiger partial charge on any atom is 0.494 e. The Kier molecular flexibility index (Phi) is 7.81. The number of hydrogen-bond donors (Lipinski definition) is 1. The normalized spacial score (nSPS) is 18.6. The number of esters is 1. The molecule has 240 valence electrons. The van der Waals surface area contributed by atoms with Gasteiger partial charge in [-0.25, -0.2) is 9.07 Å². The second-order valence-corrected chi connectivity index (χ2v) is 14.1. The van der Waals surface area contributed by atoms with E-state index >= 15 is 4.39 Å². The molecule has 0 radical (unpaired) electrons. The van der Waals surface area contributed by atoms with Crippen molar-refractivity contribution in [2.24, 2.45) is 7.05 Å². The molecule has 1 N–H and O–H groups in total. The third-order valence-corrected chi connectivity index (χ3v) is 10.6. The van der Waals surface area contributed by atoms with Crippen LogP contribution in [0.25, 0.3) is 11.0 Å². The quantitative estimate of drug-likeness (QED) is 0.214. The van der Waals surface area contributed by atoms with Gasteiger partial charge in [0.25, 0.3) is 0 Å². The number of nitrogens with zero attached hydrogens (tertiary/aromatic N) is 3. The Morgan fingerprint density at radius 3 is 2.37 bits per heavy atom. The highest BCUT2D eigenvalue weighted by molar-refractivity contribution is 6.62. The van der Waals surface area contributed by atoms with Crippen molar-refractivity contribution in [1.82, 2.24) is 15.0 Å². The van der Waals surface area contributed by atoms with Crippen LogP contribution in [0, 0.1) is 5.82 Å². The maximum atomic E-state index is 16.1. The molecule has 1 unspecified atom stereocenters. The fraction of sp³-hybridized carbons (Fsp3) is 0.472. The molecule has 1 fully saturated rings. The number of halogens is 1. The van der Waals surface area contributed by atoms with Crippen molar-refractivity contribution in [2.45, 2.75) is 103 Å². The molecule has 0 amide bonds. The first-order valence-corrected chi connectivity index (χ1v) is 16.3. The highest BCUT2D eigenvalue weighted by Crippen LogP contribution is 2.39. The van der Waals surface area contributed by atoms with Crippen LogP contribution in [0.5, 0.6) is 0 Å². The molecule has 2 heterocycles. The molecule has 1 saturated heterocycles. The SMILES string of the molecule is Cn1nnc2c(F)c(C(CC(=O)OCc3cc(B4OC(C)(C)C(C)(C)O4)cc4c3CCC4)c3cc(CO)c4c(c3)CCC4)ccc21. The van der Waals surface area contributed by atoms with Gasteiger partial charge in [0.15, 0.2) is 5.82 Å². The number of aromatic nitrogens is 3. The summed E-state index contributed by atoms with van der Waals surface area (Å²) in [6.45, 7) is 8.15. The summed E-state index contributed by atoms with van der Waals surface area (Å²) in [5.41, 5.74) is 8.44. The average Bonchev–Trinajstić information content (AvgIpc) is 3.81. The van der Waals surface area contributed by atoms with Crippen LogP contribution in [0.4, 0.5) is 4.39 Å². The first-order valence-electron chi connectivity index (χ1n) is 16.3. The first kappa shape index (κ1) is 31.0. The van der Waals surface area contributed by atoms with Crippen molar-refractivity contribution < 1.29 is 28.3 Å². The molecule has 2 aliphatic carbocycles. The van der Waals surface area contributed by atoms with Gasteiger partial charge in [-0.15, -0.1) is 5.10 Å². The number of aryl methyl sites for hydroxylation is 3. The number of ether oxygens (including phenoxy) is 1. The van der Waals surface area contributed by atoms with Crippen LogP contribution in [0.1, 0.15) is 97.4 Å². The van der Waals surface area contributed by atoms with Gasteiger partial charge < -0.3 is 19.2 Å². The first-order chi connectivity index (χ1) is 22.0. The number of aliphatic hydroxyl groups is 1. The zero-order valence-corrected chi connectivity index (χ0v) is 27.3. The van der Waals surface area contributed by atoms with Gasteiger partial charge in [0.1, 0.15) is 12.1 Å². The predicted molar refractivity (Wildman–Crippen MR) is 173 cm³/mol. The highest BCUT2D eigenvalue weighted by Gasteiger charge is 2.52. The average molecular weight is 626 g/mol. The zero-order chi connectivity index (χ0) is 32.4. The van der Waals surface area contributed by atoms with E-state index in [2.05, 4.69) is 22.4 Å². The predicted octanol–water partition coefficient (Wildman–Crippen LogP) is 5.14. The van der Waals surface area contributed by atoms with Gasteiger partial charge in [-0.2, -0.15) is 0 Å². The Morgan fingerprint density at radius 1 is 1.00 bits per heavy atom. The summed E-state index contributed by atoms with van der Waals surface area (Å²) in [5, 5.41) is 18.2. The van der Waals surface area contributed by atoms with Crippen LogP contribution in [-0.2, 0) is 64.8 Å². The van der Waals surface area contributed by atoms with Crippen molar-refractivity contribution in [3.8, 4) is 0 Å². The van der Waals surface area contributed by atoms with E-state index < -0.39 is 36.0 Å². The second kappa shape index (κ2) is 11.6. The molecular formula is C36H41BFN3O5. The summed E-state index contributed by atoms with van der Waals surface area (Å²) >= 11 is 0. The standard InChI is InChI=1S/C36H41BFN3O5/c1-35(2)36(3,4)46-37(45-35)26-16-22-9-7-11-28(22)25(17-26)20-44-32(43)18-30(23-14-21-8-6-10-27(21)24(15-23)19-42)29-12-13-31-34(33(29)38)39-40-41(31)5/h12-17,30,42H,6-11,18-20H2,1-5H3. The Bertz CT molecular complexity index is 1840. The number of benzene rings is 3. The van der Waals surface area contributed by atoms with Gasteiger partial charge in [-0.05, 0) is 122 Å². The fourth-order valence-electron chi connectivity index (χ4n) is 7.38. The Labute approximate surface area is 269 Å². The van der Waals surface area contributed by atoms with Gasteiger partial charge >= 0.3 is 13.1 Å². The fourth-order valence-corrected chi connectivity index (χ4v) is 7.38. The third-order valence-electron chi connectivity index (χ3n) is 10.6. The zero-order valence-electron chi connectivity index (χ0n) is 27.3. The van der Waals surface area contributed by atoms with E-state index in [0.717, 1.165) is 71.8 Å². The number of fused-ring (bicyclic) bond motifs is 3.